The molecule has 3 heterocycles. The van der Waals surface area contributed by atoms with E-state index >= 15 is 0 Å². The van der Waals surface area contributed by atoms with Crippen LogP contribution in [-0.2, 0) is 18.4 Å². The molecular weight excluding hydrogens is 448 g/mol. The molecule has 1 N–H and O–H groups in total. The molecule has 10 nitrogen and oxygen atoms in total. The normalized spacial score (nSPS) is 20.9. The van der Waals surface area contributed by atoms with Gasteiger partial charge >= 0.3 is 5.69 Å². The molecule has 2 fully saturated rings. The minimum Gasteiger partial charge on any atom is -0.508 e. The lowest BCUT2D eigenvalue weighted by molar-refractivity contribution is -0.137. The summed E-state index contributed by atoms with van der Waals surface area (Å²) >= 11 is 0. The fourth-order valence-corrected chi connectivity index (χ4v) is 5.41. The highest BCUT2D eigenvalue weighted by molar-refractivity contribution is 5.79. The van der Waals surface area contributed by atoms with Gasteiger partial charge in [0, 0.05) is 64.0 Å². The molecule has 1 saturated heterocycles. The maximum Gasteiger partial charge on any atom is 0.328 e. The lowest BCUT2D eigenvalue weighted by atomic mass is 9.81. The number of hydrogen-bond donors (Lipinski definition) is 1. The topological polar surface area (TPSA) is 106 Å². The van der Waals surface area contributed by atoms with Crippen LogP contribution in [0.2, 0.25) is 0 Å². The second-order valence-electron chi connectivity index (χ2n) is 9.55. The van der Waals surface area contributed by atoms with Crippen LogP contribution in [0, 0.1) is 11.8 Å². The Bertz CT molecular complexity index is 1270. The van der Waals surface area contributed by atoms with Crippen molar-refractivity contribution in [2.24, 2.45) is 18.9 Å². The highest BCUT2D eigenvalue weighted by atomic mass is 16.5. The Labute approximate surface area is 203 Å². The quantitative estimate of drug-likeness (QED) is 0.595. The maximum atomic E-state index is 13.2. The molecule has 3 aromatic rings. The fraction of sp³-hybridized carbons (Fsp3) is 0.520. The van der Waals surface area contributed by atoms with E-state index in [1.165, 1.54) is 0 Å². The van der Waals surface area contributed by atoms with E-state index in [-0.39, 0.29) is 23.3 Å². The number of amides is 1. The maximum absolute atomic E-state index is 13.2. The summed E-state index contributed by atoms with van der Waals surface area (Å²) in [5, 5.41) is 9.90. The smallest absolute Gasteiger partial charge is 0.328 e. The minimum atomic E-state index is -0.0679. The number of hydrogen-bond acceptors (Lipinski definition) is 7. The van der Waals surface area contributed by atoms with Gasteiger partial charge in [-0.25, -0.2) is 9.78 Å². The second-order valence-corrected chi connectivity index (χ2v) is 9.55. The van der Waals surface area contributed by atoms with Gasteiger partial charge in [-0.15, -0.1) is 0 Å². The Morgan fingerprint density at radius 1 is 1.09 bits per heavy atom. The first-order valence-electron chi connectivity index (χ1n) is 12.2. The number of rotatable bonds is 5. The number of nitrogens with zero attached hydrogens (tertiary/aromatic N) is 6. The van der Waals surface area contributed by atoms with Gasteiger partial charge in [-0.1, -0.05) is 0 Å². The average molecular weight is 481 g/mol. The van der Waals surface area contributed by atoms with Gasteiger partial charge in [0.1, 0.15) is 5.75 Å². The van der Waals surface area contributed by atoms with Crippen molar-refractivity contribution in [2.45, 2.75) is 32.2 Å². The standard InChI is InChI=1S/C25H32N6O4/c1-28-20-8-7-19(32)15-21(20)31(25(28)34)16-17-3-5-18(6-4-17)23(33)29-11-13-30(14-12-29)24-26-10-9-22(27-24)35-2/h7-10,15,17-18,32H,3-6,11-14,16H2,1-2H3. The number of aromatic hydroxyl groups is 1. The van der Waals surface area contributed by atoms with E-state index in [0.29, 0.717) is 50.5 Å². The van der Waals surface area contributed by atoms with Crippen LogP contribution in [0.3, 0.4) is 0 Å². The van der Waals surface area contributed by atoms with Gasteiger partial charge in [0.15, 0.2) is 0 Å². The second kappa shape index (κ2) is 9.59. The van der Waals surface area contributed by atoms with Crippen molar-refractivity contribution in [3.8, 4) is 11.6 Å². The van der Waals surface area contributed by atoms with Gasteiger partial charge in [-0.05, 0) is 43.7 Å². The predicted octanol–water partition coefficient (Wildman–Crippen LogP) is 2.00. The van der Waals surface area contributed by atoms with E-state index in [4.69, 9.17) is 4.74 Å². The first kappa shape index (κ1) is 23.2. The molecule has 1 amide bonds. The molecule has 1 aliphatic heterocycles. The highest BCUT2D eigenvalue weighted by Crippen LogP contribution is 2.32. The molecule has 186 valence electrons. The van der Waals surface area contributed by atoms with Crippen molar-refractivity contribution < 1.29 is 14.6 Å². The van der Waals surface area contributed by atoms with Crippen molar-refractivity contribution in [1.29, 1.82) is 0 Å². The number of phenols is 1. The van der Waals surface area contributed by atoms with E-state index in [1.54, 1.807) is 53.8 Å². The summed E-state index contributed by atoms with van der Waals surface area (Å²) in [7, 11) is 3.34. The summed E-state index contributed by atoms with van der Waals surface area (Å²) < 4.78 is 8.58. The molecule has 1 aromatic carbocycles. The van der Waals surface area contributed by atoms with Gasteiger partial charge in [-0.2, -0.15) is 4.98 Å². The number of piperazine rings is 1. The molecule has 1 aliphatic carbocycles. The van der Waals surface area contributed by atoms with Gasteiger partial charge in [0.25, 0.3) is 0 Å². The number of ether oxygens (including phenoxy) is 1. The van der Waals surface area contributed by atoms with Gasteiger partial charge in [0.2, 0.25) is 17.7 Å². The number of benzene rings is 1. The zero-order chi connectivity index (χ0) is 24.5. The van der Waals surface area contributed by atoms with Crippen LogP contribution in [0.25, 0.3) is 11.0 Å². The number of phenolic OH excluding ortho intramolecular Hbond substituents is 1. The third-order valence-corrected chi connectivity index (χ3v) is 7.47. The molecule has 10 heteroatoms. The number of methoxy groups -OCH3 is 1. The van der Waals surface area contributed by atoms with Crippen LogP contribution in [0.4, 0.5) is 5.95 Å². The van der Waals surface area contributed by atoms with Crippen molar-refractivity contribution in [3.05, 3.63) is 40.9 Å². The van der Waals surface area contributed by atoms with Crippen LogP contribution < -0.4 is 15.3 Å². The van der Waals surface area contributed by atoms with Crippen molar-refractivity contribution in [1.82, 2.24) is 24.0 Å². The number of aryl methyl sites for hydroxylation is 1. The van der Waals surface area contributed by atoms with Crippen molar-refractivity contribution in [2.75, 3.05) is 38.2 Å². The van der Waals surface area contributed by atoms with E-state index in [1.807, 2.05) is 4.90 Å². The van der Waals surface area contributed by atoms with Crippen LogP contribution >= 0.6 is 0 Å². The first-order chi connectivity index (χ1) is 16.9. The van der Waals surface area contributed by atoms with Crippen molar-refractivity contribution >= 4 is 22.9 Å². The Morgan fingerprint density at radius 3 is 2.54 bits per heavy atom. The van der Waals surface area contributed by atoms with Crippen LogP contribution in [0.5, 0.6) is 11.6 Å². The van der Waals surface area contributed by atoms with Gasteiger partial charge in [-0.3, -0.25) is 13.9 Å². The zero-order valence-corrected chi connectivity index (χ0v) is 20.3. The van der Waals surface area contributed by atoms with E-state index in [9.17, 15) is 14.7 Å². The van der Waals surface area contributed by atoms with Crippen LogP contribution in [0.15, 0.2) is 35.3 Å². The number of imidazole rings is 1. The van der Waals surface area contributed by atoms with E-state index in [2.05, 4.69) is 14.9 Å². The number of fused-ring (bicyclic) bond motifs is 1. The number of carbonyl (C=O) groups is 1. The Morgan fingerprint density at radius 2 is 1.83 bits per heavy atom. The molecule has 0 radical (unpaired) electrons. The third kappa shape index (κ3) is 4.56. The molecule has 0 spiro atoms. The average Bonchev–Trinajstić information content (AvgIpc) is 3.13. The number of aromatic nitrogens is 4. The summed E-state index contributed by atoms with van der Waals surface area (Å²) in [6, 6.07) is 6.76. The molecule has 35 heavy (non-hydrogen) atoms. The Balaban J connectivity index is 1.16. The summed E-state index contributed by atoms with van der Waals surface area (Å²) in [6.07, 6.45) is 5.19. The molecule has 0 unspecified atom stereocenters. The lowest BCUT2D eigenvalue weighted by Gasteiger charge is -2.38. The molecule has 2 aliphatic rings. The molecule has 2 aromatic heterocycles. The highest BCUT2D eigenvalue weighted by Gasteiger charge is 2.32. The van der Waals surface area contributed by atoms with Crippen LogP contribution in [0.1, 0.15) is 25.7 Å². The van der Waals surface area contributed by atoms with Gasteiger partial charge < -0.3 is 19.6 Å². The number of carbonyl (C=O) groups excluding carboxylic acids is 1. The van der Waals surface area contributed by atoms with Crippen LogP contribution in [-0.4, -0.2) is 68.3 Å². The summed E-state index contributed by atoms with van der Waals surface area (Å²) in [6.45, 7) is 3.33. The summed E-state index contributed by atoms with van der Waals surface area (Å²) in [5.74, 6) is 1.94. The summed E-state index contributed by atoms with van der Waals surface area (Å²) in [4.78, 5) is 38.8. The van der Waals surface area contributed by atoms with E-state index in [0.717, 1.165) is 36.7 Å². The monoisotopic (exact) mass is 480 g/mol. The Hall–Kier alpha value is -3.56. The van der Waals surface area contributed by atoms with Gasteiger partial charge in [0.05, 0.1) is 18.1 Å². The minimum absolute atomic E-state index is 0.0409. The molecular formula is C25H32N6O4. The third-order valence-electron chi connectivity index (χ3n) is 7.47. The predicted molar refractivity (Wildman–Crippen MR) is 132 cm³/mol. The zero-order valence-electron chi connectivity index (χ0n) is 20.3. The SMILES string of the molecule is COc1ccnc(N2CCN(C(=O)C3CCC(Cn4c(=O)n(C)c5ccc(O)cc54)CC3)CC2)n1. The van der Waals surface area contributed by atoms with E-state index < -0.39 is 0 Å². The lowest BCUT2D eigenvalue weighted by Crippen LogP contribution is -2.51. The Kier molecular flexibility index (Phi) is 6.36. The fourth-order valence-electron chi connectivity index (χ4n) is 5.41. The summed E-state index contributed by atoms with van der Waals surface area (Å²) in [5.41, 5.74) is 1.51. The molecule has 0 atom stereocenters. The first-order valence-corrected chi connectivity index (χ1v) is 12.2. The molecule has 5 rings (SSSR count). The number of anilines is 1. The largest absolute Gasteiger partial charge is 0.508 e. The molecule has 0 bridgehead atoms. The van der Waals surface area contributed by atoms with Crippen molar-refractivity contribution in [3.63, 3.8) is 0 Å². The molecule has 1 saturated carbocycles.